The van der Waals surface area contributed by atoms with Crippen LogP contribution in [0.4, 0.5) is 17.6 Å². The van der Waals surface area contributed by atoms with Gasteiger partial charge in [-0.1, -0.05) is 6.07 Å². The van der Waals surface area contributed by atoms with E-state index in [1.807, 2.05) is 0 Å². The molecular weight excluding hydrogens is 264 g/mol. The molecule has 1 unspecified atom stereocenters. The SMILES string of the molecule is CCOC(C)(C)C(O)c1ccc(F)c(C(F)(F)F)c1. The molecule has 0 saturated carbocycles. The third-order valence-electron chi connectivity index (χ3n) is 2.79. The predicted molar refractivity (Wildman–Crippen MR) is 62.1 cm³/mol. The molecule has 1 N–H and O–H groups in total. The zero-order valence-electron chi connectivity index (χ0n) is 10.9. The summed E-state index contributed by atoms with van der Waals surface area (Å²) in [5, 5.41) is 10.0. The highest BCUT2D eigenvalue weighted by Crippen LogP contribution is 2.35. The summed E-state index contributed by atoms with van der Waals surface area (Å²) in [6.45, 7) is 5.12. The van der Waals surface area contributed by atoms with Gasteiger partial charge in [-0.25, -0.2) is 4.39 Å². The summed E-state index contributed by atoms with van der Waals surface area (Å²) in [5.74, 6) is -1.36. The maximum atomic E-state index is 13.1. The summed E-state index contributed by atoms with van der Waals surface area (Å²) in [5.41, 5.74) is -2.49. The fraction of sp³-hybridized carbons (Fsp3) is 0.538. The lowest BCUT2D eigenvalue weighted by Gasteiger charge is -2.31. The Kier molecular flexibility index (Phi) is 4.58. The fourth-order valence-electron chi connectivity index (χ4n) is 1.78. The van der Waals surface area contributed by atoms with Crippen molar-refractivity contribution in [2.24, 2.45) is 0 Å². The van der Waals surface area contributed by atoms with Crippen molar-refractivity contribution in [1.82, 2.24) is 0 Å². The van der Waals surface area contributed by atoms with Crippen LogP contribution in [0.3, 0.4) is 0 Å². The molecule has 0 aliphatic heterocycles. The van der Waals surface area contributed by atoms with E-state index in [0.717, 1.165) is 6.07 Å². The summed E-state index contributed by atoms with van der Waals surface area (Å²) in [6, 6.07) is 2.43. The van der Waals surface area contributed by atoms with Gasteiger partial charge in [0.15, 0.2) is 0 Å². The number of rotatable bonds is 4. The van der Waals surface area contributed by atoms with E-state index in [0.29, 0.717) is 18.7 Å². The molecule has 0 radical (unpaired) electrons. The molecule has 1 rings (SSSR count). The molecule has 0 aliphatic carbocycles. The molecule has 0 heterocycles. The smallest absolute Gasteiger partial charge is 0.385 e. The highest BCUT2D eigenvalue weighted by atomic mass is 19.4. The van der Waals surface area contributed by atoms with Crippen LogP contribution in [0.1, 0.15) is 38.0 Å². The van der Waals surface area contributed by atoms with Gasteiger partial charge in [-0.3, -0.25) is 0 Å². The number of alkyl halides is 3. The number of aliphatic hydroxyl groups is 1. The Morgan fingerprint density at radius 3 is 2.32 bits per heavy atom. The lowest BCUT2D eigenvalue weighted by atomic mass is 9.93. The molecule has 1 atom stereocenters. The molecule has 2 nitrogen and oxygen atoms in total. The van der Waals surface area contributed by atoms with Crippen molar-refractivity contribution in [2.75, 3.05) is 6.61 Å². The Labute approximate surface area is 109 Å². The minimum Gasteiger partial charge on any atom is -0.385 e. The van der Waals surface area contributed by atoms with Crippen molar-refractivity contribution in [3.8, 4) is 0 Å². The zero-order valence-corrected chi connectivity index (χ0v) is 10.9. The van der Waals surface area contributed by atoms with E-state index in [1.165, 1.54) is 0 Å². The van der Waals surface area contributed by atoms with Gasteiger partial charge in [-0.05, 0) is 38.5 Å². The van der Waals surface area contributed by atoms with E-state index in [4.69, 9.17) is 4.74 Å². The first-order valence-electron chi connectivity index (χ1n) is 5.78. The maximum absolute atomic E-state index is 13.1. The number of halogens is 4. The summed E-state index contributed by atoms with van der Waals surface area (Å²) in [7, 11) is 0. The summed E-state index contributed by atoms with van der Waals surface area (Å²) in [4.78, 5) is 0. The Morgan fingerprint density at radius 2 is 1.84 bits per heavy atom. The van der Waals surface area contributed by atoms with Gasteiger partial charge in [0.1, 0.15) is 11.9 Å². The van der Waals surface area contributed by atoms with Crippen LogP contribution in [0.25, 0.3) is 0 Å². The van der Waals surface area contributed by atoms with Crippen LogP contribution in [0.2, 0.25) is 0 Å². The Balaban J connectivity index is 3.16. The molecule has 0 amide bonds. The molecule has 108 valence electrons. The molecule has 1 aromatic carbocycles. The largest absolute Gasteiger partial charge is 0.419 e. The molecule has 0 aliphatic rings. The standard InChI is InChI=1S/C13H16F4O2/c1-4-19-12(2,3)11(18)8-5-6-10(14)9(7-8)13(15,16)17/h5-7,11,18H,4H2,1-3H3. The highest BCUT2D eigenvalue weighted by molar-refractivity contribution is 5.30. The van der Waals surface area contributed by atoms with Gasteiger partial charge in [-0.15, -0.1) is 0 Å². The van der Waals surface area contributed by atoms with Crippen LogP contribution >= 0.6 is 0 Å². The predicted octanol–water partition coefficient (Wildman–Crippen LogP) is 3.69. The molecule has 1 aromatic rings. The minimum atomic E-state index is -4.80. The first kappa shape index (κ1) is 15.9. The molecule has 0 aromatic heterocycles. The minimum absolute atomic E-state index is 0.0350. The van der Waals surface area contributed by atoms with E-state index >= 15 is 0 Å². The van der Waals surface area contributed by atoms with E-state index in [9.17, 15) is 22.7 Å². The van der Waals surface area contributed by atoms with Crippen molar-refractivity contribution in [2.45, 2.75) is 38.7 Å². The van der Waals surface area contributed by atoms with E-state index in [1.54, 1.807) is 20.8 Å². The van der Waals surface area contributed by atoms with Gasteiger partial charge in [0, 0.05) is 6.61 Å². The monoisotopic (exact) mass is 280 g/mol. The average Bonchev–Trinajstić information content (AvgIpc) is 2.27. The Morgan fingerprint density at radius 1 is 1.26 bits per heavy atom. The summed E-state index contributed by atoms with van der Waals surface area (Å²) in [6.07, 6.45) is -6.08. The molecule has 19 heavy (non-hydrogen) atoms. The third kappa shape index (κ3) is 3.67. The van der Waals surface area contributed by atoms with Gasteiger partial charge in [0.25, 0.3) is 0 Å². The van der Waals surface area contributed by atoms with Crippen LogP contribution in [-0.2, 0) is 10.9 Å². The molecule has 0 bridgehead atoms. The first-order chi connectivity index (χ1) is 8.59. The number of aliphatic hydroxyl groups excluding tert-OH is 1. The number of hydrogen-bond donors (Lipinski definition) is 1. The van der Waals surface area contributed by atoms with Crippen molar-refractivity contribution in [3.05, 3.63) is 35.1 Å². The van der Waals surface area contributed by atoms with Crippen molar-refractivity contribution >= 4 is 0 Å². The topological polar surface area (TPSA) is 29.5 Å². The summed E-state index contributed by atoms with van der Waals surface area (Å²) < 4.78 is 56.2. The summed E-state index contributed by atoms with van der Waals surface area (Å²) >= 11 is 0. The molecule has 6 heteroatoms. The quantitative estimate of drug-likeness (QED) is 0.852. The van der Waals surface area contributed by atoms with Crippen LogP contribution < -0.4 is 0 Å². The number of benzene rings is 1. The second-order valence-electron chi connectivity index (χ2n) is 4.68. The average molecular weight is 280 g/mol. The second-order valence-corrected chi connectivity index (χ2v) is 4.68. The van der Waals surface area contributed by atoms with Crippen LogP contribution in [-0.4, -0.2) is 17.3 Å². The lowest BCUT2D eigenvalue weighted by Crippen LogP contribution is -2.33. The second kappa shape index (κ2) is 5.46. The van der Waals surface area contributed by atoms with Gasteiger partial charge < -0.3 is 9.84 Å². The van der Waals surface area contributed by atoms with Gasteiger partial charge in [0.05, 0.1) is 11.2 Å². The van der Waals surface area contributed by atoms with Gasteiger partial charge in [-0.2, -0.15) is 13.2 Å². The number of ether oxygens (including phenoxy) is 1. The normalized spacial score (nSPS) is 14.5. The van der Waals surface area contributed by atoms with E-state index in [-0.39, 0.29) is 5.56 Å². The van der Waals surface area contributed by atoms with Crippen molar-refractivity contribution in [1.29, 1.82) is 0 Å². The molecule has 0 saturated heterocycles. The van der Waals surface area contributed by atoms with E-state index in [2.05, 4.69) is 0 Å². The lowest BCUT2D eigenvalue weighted by molar-refractivity contribution is -0.140. The molecule has 0 fully saturated rings. The highest BCUT2D eigenvalue weighted by Gasteiger charge is 2.36. The van der Waals surface area contributed by atoms with E-state index < -0.39 is 29.3 Å². The van der Waals surface area contributed by atoms with Crippen LogP contribution in [0, 0.1) is 5.82 Å². The van der Waals surface area contributed by atoms with Crippen LogP contribution in [0.15, 0.2) is 18.2 Å². The zero-order chi connectivity index (χ0) is 14.8. The first-order valence-corrected chi connectivity index (χ1v) is 5.78. The third-order valence-corrected chi connectivity index (χ3v) is 2.79. The maximum Gasteiger partial charge on any atom is 0.419 e. The molecular formula is C13H16F4O2. The Bertz CT molecular complexity index is 441. The molecule has 0 spiro atoms. The van der Waals surface area contributed by atoms with Gasteiger partial charge in [0.2, 0.25) is 0 Å². The number of hydrogen-bond acceptors (Lipinski definition) is 2. The van der Waals surface area contributed by atoms with Gasteiger partial charge >= 0.3 is 6.18 Å². The van der Waals surface area contributed by atoms with Crippen molar-refractivity contribution in [3.63, 3.8) is 0 Å². The Hall–Kier alpha value is -1.14. The van der Waals surface area contributed by atoms with Crippen molar-refractivity contribution < 1.29 is 27.4 Å². The fourth-order valence-corrected chi connectivity index (χ4v) is 1.78. The van der Waals surface area contributed by atoms with Crippen LogP contribution in [0.5, 0.6) is 0 Å².